The summed E-state index contributed by atoms with van der Waals surface area (Å²) >= 11 is 1.37. The average Bonchev–Trinajstić information content (AvgIpc) is 3.42. The Kier molecular flexibility index (Phi) is 3.84. The van der Waals surface area contributed by atoms with Gasteiger partial charge in [-0.05, 0) is 0 Å². The number of rotatable bonds is 4. The summed E-state index contributed by atoms with van der Waals surface area (Å²) in [4.78, 5) is 14.0. The molecular weight excluding hydrogens is 347 g/mol. The van der Waals surface area contributed by atoms with Gasteiger partial charge in [-0.1, -0.05) is 0 Å². The van der Waals surface area contributed by atoms with Gasteiger partial charge in [0, 0.05) is 0 Å². The molecular formula is C21H19O2PS. The van der Waals surface area contributed by atoms with E-state index in [-0.39, 0.29) is 5.52 Å². The molecule has 0 radical (unpaired) electrons. The fourth-order valence-electron chi connectivity index (χ4n) is 3.43. The molecule has 0 aliphatic carbocycles. The molecule has 3 aromatic carbocycles. The second kappa shape index (κ2) is 5.81. The second-order valence-electron chi connectivity index (χ2n) is 6.35. The molecule has 0 atom stereocenters. The maximum atomic E-state index is 14.0. The van der Waals surface area contributed by atoms with Crippen LogP contribution in [0.3, 0.4) is 0 Å². The van der Waals surface area contributed by atoms with Gasteiger partial charge in [-0.15, -0.1) is 0 Å². The zero-order valence-corrected chi connectivity index (χ0v) is 15.9. The van der Waals surface area contributed by atoms with Gasteiger partial charge < -0.3 is 0 Å². The molecule has 4 heteroatoms. The Morgan fingerprint density at radius 2 is 1.20 bits per heavy atom. The standard InChI is InChI=1S/C21H19O2PS/c1-16-10-9-11-17(2)20(16)21(22)24(23-25-24,18-12-5-3-6-13-18)19-14-7-4-8-15-19/h3-15H,1-2H3. The van der Waals surface area contributed by atoms with Crippen molar-refractivity contribution in [2.45, 2.75) is 13.8 Å². The Labute approximate surface area is 152 Å². The van der Waals surface area contributed by atoms with Gasteiger partial charge in [-0.25, -0.2) is 0 Å². The fraction of sp³-hybridized carbons (Fsp3) is 0.0952. The van der Waals surface area contributed by atoms with Gasteiger partial charge >= 0.3 is 152 Å². The predicted molar refractivity (Wildman–Crippen MR) is 108 cm³/mol. The first-order valence-corrected chi connectivity index (χ1v) is 11.7. The molecule has 0 unspecified atom stereocenters. The van der Waals surface area contributed by atoms with Crippen LogP contribution in [-0.4, -0.2) is 5.52 Å². The first-order valence-electron chi connectivity index (χ1n) is 8.22. The third-order valence-electron chi connectivity index (χ3n) is 4.81. The molecule has 0 aromatic heterocycles. The van der Waals surface area contributed by atoms with Crippen molar-refractivity contribution in [2.75, 3.05) is 0 Å². The van der Waals surface area contributed by atoms with Crippen molar-refractivity contribution < 1.29 is 8.76 Å². The predicted octanol–water partition coefficient (Wildman–Crippen LogP) is 5.16. The molecule has 0 N–H and O–H groups in total. The second-order valence-corrected chi connectivity index (χ2v) is 13.0. The summed E-state index contributed by atoms with van der Waals surface area (Å²) in [5, 5.41) is 1.97. The molecule has 1 saturated heterocycles. The normalized spacial score (nSPS) is 18.7. The van der Waals surface area contributed by atoms with Crippen molar-refractivity contribution in [3.05, 3.63) is 95.6 Å². The Bertz CT molecular complexity index is 886. The molecule has 0 saturated carbocycles. The first-order chi connectivity index (χ1) is 12.1. The van der Waals surface area contributed by atoms with Gasteiger partial charge in [-0.3, -0.25) is 0 Å². The Morgan fingerprint density at radius 3 is 1.60 bits per heavy atom. The summed E-state index contributed by atoms with van der Waals surface area (Å²) in [5.74, 6) is 0. The SMILES string of the molecule is Cc1cccc(C)c1C(=O)P1(c2ccccc2)(c2ccccc2)OS1. The first kappa shape index (κ1) is 16.5. The third kappa shape index (κ3) is 2.23. The number of carbonyl (C=O) groups excluding carboxylic acids is 1. The van der Waals surface area contributed by atoms with E-state index >= 15 is 0 Å². The zero-order chi connectivity index (χ0) is 17.5. The van der Waals surface area contributed by atoms with Crippen LogP contribution in [-0.2, 0) is 3.97 Å². The van der Waals surface area contributed by atoms with E-state index in [4.69, 9.17) is 3.97 Å². The summed E-state index contributed by atoms with van der Waals surface area (Å²) in [6, 6.07) is 22.6. The molecule has 0 amide bonds. The van der Waals surface area contributed by atoms with Crippen molar-refractivity contribution in [1.29, 1.82) is 0 Å². The summed E-state index contributed by atoms with van der Waals surface area (Å²) in [7, 11) is 0. The number of carbonyl (C=O) groups is 1. The van der Waals surface area contributed by atoms with E-state index in [9.17, 15) is 4.79 Å². The van der Waals surface area contributed by atoms with E-state index in [1.807, 2.05) is 92.7 Å². The molecule has 0 spiro atoms. The number of benzene rings is 3. The average molecular weight is 366 g/mol. The molecule has 1 fully saturated rings. The van der Waals surface area contributed by atoms with Gasteiger partial charge in [0.2, 0.25) is 0 Å². The van der Waals surface area contributed by atoms with Crippen LogP contribution in [0.15, 0.2) is 78.9 Å². The molecule has 4 rings (SSSR count). The van der Waals surface area contributed by atoms with Gasteiger partial charge in [0.05, 0.1) is 0 Å². The van der Waals surface area contributed by atoms with Gasteiger partial charge in [0.1, 0.15) is 0 Å². The van der Waals surface area contributed by atoms with Gasteiger partial charge in [-0.2, -0.15) is 0 Å². The Balaban J connectivity index is 2.03. The van der Waals surface area contributed by atoms with Crippen LogP contribution in [0.5, 0.6) is 0 Å². The minimum atomic E-state index is -3.39. The van der Waals surface area contributed by atoms with E-state index in [2.05, 4.69) is 0 Å². The van der Waals surface area contributed by atoms with Crippen LogP contribution in [0.25, 0.3) is 0 Å². The number of hydrogen-bond acceptors (Lipinski definition) is 3. The van der Waals surface area contributed by atoms with Crippen molar-refractivity contribution in [3.8, 4) is 0 Å². The Morgan fingerprint density at radius 1 is 0.760 bits per heavy atom. The molecule has 2 nitrogen and oxygen atoms in total. The van der Waals surface area contributed by atoms with Crippen LogP contribution in [0.1, 0.15) is 21.5 Å². The topological polar surface area (TPSA) is 29.6 Å². The van der Waals surface area contributed by atoms with Crippen LogP contribution in [0, 0.1) is 13.8 Å². The fourth-order valence-corrected chi connectivity index (χ4v) is 10.6. The minimum absolute atomic E-state index is 0.115. The van der Waals surface area contributed by atoms with Gasteiger partial charge in [0.15, 0.2) is 0 Å². The van der Waals surface area contributed by atoms with Gasteiger partial charge in [0.25, 0.3) is 0 Å². The summed E-state index contributed by atoms with van der Waals surface area (Å²) in [6.45, 7) is 4.00. The van der Waals surface area contributed by atoms with Crippen LogP contribution in [0.4, 0.5) is 0 Å². The van der Waals surface area contributed by atoms with Crippen molar-refractivity contribution in [1.82, 2.24) is 0 Å². The number of aryl methyl sites for hydroxylation is 2. The number of hydrogen-bond donors (Lipinski definition) is 0. The van der Waals surface area contributed by atoms with E-state index in [1.165, 1.54) is 11.7 Å². The molecule has 1 aliphatic heterocycles. The summed E-state index contributed by atoms with van der Waals surface area (Å²) < 4.78 is 6.18. The molecule has 126 valence electrons. The van der Waals surface area contributed by atoms with Crippen LogP contribution in [0.2, 0.25) is 0 Å². The molecule has 1 aliphatic rings. The molecule has 25 heavy (non-hydrogen) atoms. The quantitative estimate of drug-likeness (QED) is 0.363. The van der Waals surface area contributed by atoms with E-state index in [1.54, 1.807) is 0 Å². The third-order valence-corrected chi connectivity index (χ3v) is 12.4. The van der Waals surface area contributed by atoms with Crippen LogP contribution >= 0.6 is 17.7 Å². The summed E-state index contributed by atoms with van der Waals surface area (Å²) in [6.07, 6.45) is 0. The van der Waals surface area contributed by atoms with E-state index in [0.29, 0.717) is 0 Å². The van der Waals surface area contributed by atoms with E-state index in [0.717, 1.165) is 27.3 Å². The molecule has 1 heterocycles. The van der Waals surface area contributed by atoms with Crippen molar-refractivity contribution in [2.24, 2.45) is 0 Å². The monoisotopic (exact) mass is 366 g/mol. The summed E-state index contributed by atoms with van der Waals surface area (Å²) in [5.41, 5.74) is 2.90. The van der Waals surface area contributed by atoms with Crippen LogP contribution < -0.4 is 10.6 Å². The van der Waals surface area contributed by atoms with E-state index < -0.39 is 6.03 Å². The maximum absolute atomic E-state index is 14.0. The van der Waals surface area contributed by atoms with Crippen molar-refractivity contribution >= 4 is 33.8 Å². The van der Waals surface area contributed by atoms with Crippen molar-refractivity contribution in [3.63, 3.8) is 0 Å². The molecule has 0 bridgehead atoms. The molecule has 3 aromatic rings. The Hall–Kier alpha value is -1.93. The zero-order valence-electron chi connectivity index (χ0n) is 14.2.